The smallest absolute Gasteiger partial charge is 0.339 e. The maximum Gasteiger partial charge on any atom is 0.339 e. The van der Waals surface area contributed by atoms with Gasteiger partial charge in [0.1, 0.15) is 0 Å². The van der Waals surface area contributed by atoms with Crippen LogP contribution in [0.3, 0.4) is 0 Å². The summed E-state index contributed by atoms with van der Waals surface area (Å²) in [5, 5.41) is 13.9. The first kappa shape index (κ1) is 22.9. The molecule has 0 N–H and O–H groups in total. The van der Waals surface area contributed by atoms with Gasteiger partial charge in [-0.2, -0.15) is 10.4 Å². The third-order valence-corrected chi connectivity index (χ3v) is 5.00. The van der Waals surface area contributed by atoms with E-state index in [4.69, 9.17) is 10.00 Å². The number of pyridine rings is 1. The van der Waals surface area contributed by atoms with Gasteiger partial charge in [-0.15, -0.1) is 0 Å². The third-order valence-electron chi connectivity index (χ3n) is 5.00. The normalized spacial score (nSPS) is 10.9. The van der Waals surface area contributed by atoms with Crippen molar-refractivity contribution >= 4 is 28.6 Å². The molecule has 0 aliphatic heterocycles. The van der Waals surface area contributed by atoms with E-state index in [9.17, 15) is 9.59 Å². The highest BCUT2D eigenvalue weighted by Gasteiger charge is 2.21. The number of benzene rings is 1. The van der Waals surface area contributed by atoms with Crippen molar-refractivity contribution in [2.75, 3.05) is 18.1 Å². The van der Waals surface area contributed by atoms with E-state index < -0.39 is 18.5 Å². The van der Waals surface area contributed by atoms with Gasteiger partial charge in [0, 0.05) is 24.0 Å². The molecule has 2 heterocycles. The van der Waals surface area contributed by atoms with Crippen LogP contribution in [-0.4, -0.2) is 39.8 Å². The van der Waals surface area contributed by atoms with Crippen LogP contribution in [0.1, 0.15) is 53.5 Å². The van der Waals surface area contributed by atoms with E-state index in [1.165, 1.54) is 4.90 Å². The lowest BCUT2D eigenvalue weighted by molar-refractivity contribution is -0.121. The second-order valence-electron chi connectivity index (χ2n) is 8.11. The van der Waals surface area contributed by atoms with Gasteiger partial charge >= 0.3 is 5.97 Å². The van der Waals surface area contributed by atoms with Crippen LogP contribution in [-0.2, 0) is 9.53 Å². The number of carbonyl (C=O) groups is 2. The first-order chi connectivity index (χ1) is 15.2. The minimum Gasteiger partial charge on any atom is -0.452 e. The van der Waals surface area contributed by atoms with Gasteiger partial charge in [-0.3, -0.25) is 4.79 Å². The molecule has 0 saturated carbocycles. The fraction of sp³-hybridized carbons (Fsp3) is 0.375. The Morgan fingerprint density at radius 2 is 1.84 bits per heavy atom. The molecule has 8 heteroatoms. The van der Waals surface area contributed by atoms with Crippen LogP contribution >= 0.6 is 0 Å². The number of anilines is 1. The minimum atomic E-state index is -0.613. The lowest BCUT2D eigenvalue weighted by Crippen LogP contribution is -2.35. The molecule has 0 aliphatic carbocycles. The number of ether oxygens (including phenoxy) is 1. The second kappa shape index (κ2) is 9.60. The van der Waals surface area contributed by atoms with Gasteiger partial charge in [0.15, 0.2) is 12.3 Å². The highest BCUT2D eigenvalue weighted by molar-refractivity contribution is 6.04. The lowest BCUT2D eigenvalue weighted by Gasteiger charge is -2.22. The Bertz CT molecular complexity index is 1190. The van der Waals surface area contributed by atoms with Gasteiger partial charge in [0.25, 0.3) is 5.91 Å². The van der Waals surface area contributed by atoms with Crippen molar-refractivity contribution in [2.45, 2.75) is 47.1 Å². The Labute approximate surface area is 187 Å². The van der Waals surface area contributed by atoms with Gasteiger partial charge in [0.2, 0.25) is 0 Å². The van der Waals surface area contributed by atoms with E-state index in [2.05, 4.69) is 16.2 Å². The quantitative estimate of drug-likeness (QED) is 0.521. The molecule has 32 heavy (non-hydrogen) atoms. The van der Waals surface area contributed by atoms with E-state index in [1.807, 2.05) is 45.9 Å². The van der Waals surface area contributed by atoms with Crippen molar-refractivity contribution in [2.24, 2.45) is 0 Å². The molecule has 0 fully saturated rings. The summed E-state index contributed by atoms with van der Waals surface area (Å²) in [4.78, 5) is 31.8. The van der Waals surface area contributed by atoms with Crippen LogP contribution in [0.25, 0.3) is 11.0 Å². The van der Waals surface area contributed by atoms with Gasteiger partial charge in [-0.05, 0) is 63.9 Å². The van der Waals surface area contributed by atoms with Crippen molar-refractivity contribution in [3.05, 3.63) is 52.8 Å². The molecule has 1 amide bonds. The van der Waals surface area contributed by atoms with Crippen LogP contribution < -0.4 is 4.90 Å². The highest BCUT2D eigenvalue weighted by Crippen LogP contribution is 2.23. The van der Waals surface area contributed by atoms with Crippen LogP contribution in [0.2, 0.25) is 0 Å². The number of nitrogens with zero attached hydrogens (tertiary/aromatic N) is 5. The van der Waals surface area contributed by atoms with E-state index in [1.54, 1.807) is 23.9 Å². The molecule has 1 aromatic carbocycles. The number of carbonyl (C=O) groups excluding carboxylic acids is 2. The molecule has 8 nitrogen and oxygen atoms in total. The molecule has 166 valence electrons. The summed E-state index contributed by atoms with van der Waals surface area (Å²) in [5.74, 6) is -1.00. The summed E-state index contributed by atoms with van der Waals surface area (Å²) >= 11 is 0. The summed E-state index contributed by atoms with van der Waals surface area (Å²) in [7, 11) is 0. The molecule has 0 atom stereocenters. The van der Waals surface area contributed by atoms with Gasteiger partial charge < -0.3 is 9.64 Å². The standard InChI is InChI=1S/C24H27N5O3/c1-15(2)29-23-21(13-26-29)20(12-18(5)27-23)24(31)32-14-22(30)28(8-6-7-25)19-10-16(3)9-17(4)11-19/h9-13,15H,6,8,14H2,1-5H3. The average Bonchev–Trinajstić information content (AvgIpc) is 3.15. The SMILES string of the molecule is Cc1cc(C)cc(N(CCC#N)C(=O)COC(=O)c2cc(C)nc3c2cnn3C(C)C)c1. The zero-order valence-corrected chi connectivity index (χ0v) is 19.0. The van der Waals surface area contributed by atoms with Crippen molar-refractivity contribution in [3.63, 3.8) is 0 Å². The van der Waals surface area contributed by atoms with E-state index in [-0.39, 0.29) is 19.0 Å². The summed E-state index contributed by atoms with van der Waals surface area (Å²) in [6, 6.07) is 9.54. The van der Waals surface area contributed by atoms with E-state index in [0.29, 0.717) is 28.0 Å². The summed E-state index contributed by atoms with van der Waals surface area (Å²) in [6.07, 6.45) is 1.76. The molecule has 3 aromatic rings. The van der Waals surface area contributed by atoms with Crippen LogP contribution in [0.15, 0.2) is 30.5 Å². The zero-order valence-electron chi connectivity index (χ0n) is 19.0. The molecular formula is C24H27N5O3. The summed E-state index contributed by atoms with van der Waals surface area (Å²) in [5.41, 5.74) is 4.27. The number of aryl methyl sites for hydroxylation is 3. The molecule has 0 aliphatic rings. The van der Waals surface area contributed by atoms with Crippen molar-refractivity contribution in [1.29, 1.82) is 5.26 Å². The summed E-state index contributed by atoms with van der Waals surface area (Å²) < 4.78 is 7.13. The number of nitriles is 1. The Hall–Kier alpha value is -3.73. The first-order valence-electron chi connectivity index (χ1n) is 10.5. The van der Waals surface area contributed by atoms with Gasteiger partial charge in [-0.1, -0.05) is 6.07 Å². The number of hydrogen-bond acceptors (Lipinski definition) is 6. The fourth-order valence-electron chi connectivity index (χ4n) is 3.64. The maximum atomic E-state index is 12.9. The Kier molecular flexibility index (Phi) is 6.89. The van der Waals surface area contributed by atoms with Gasteiger partial charge in [-0.25, -0.2) is 14.5 Å². The number of rotatable bonds is 7. The number of amides is 1. The van der Waals surface area contributed by atoms with Crippen molar-refractivity contribution < 1.29 is 14.3 Å². The Morgan fingerprint density at radius 3 is 2.47 bits per heavy atom. The Balaban J connectivity index is 1.82. The topological polar surface area (TPSA) is 101 Å². The fourth-order valence-corrected chi connectivity index (χ4v) is 3.64. The molecular weight excluding hydrogens is 406 g/mol. The van der Waals surface area contributed by atoms with E-state index >= 15 is 0 Å². The lowest BCUT2D eigenvalue weighted by atomic mass is 10.1. The van der Waals surface area contributed by atoms with Crippen LogP contribution in [0, 0.1) is 32.1 Å². The molecule has 3 rings (SSSR count). The predicted octanol–water partition coefficient (Wildman–Crippen LogP) is 4.04. The minimum absolute atomic E-state index is 0.0822. The predicted molar refractivity (Wildman–Crippen MR) is 121 cm³/mol. The molecule has 2 aromatic heterocycles. The van der Waals surface area contributed by atoms with Crippen molar-refractivity contribution in [3.8, 4) is 6.07 Å². The first-order valence-corrected chi connectivity index (χ1v) is 10.5. The molecule has 0 saturated heterocycles. The molecule has 0 bridgehead atoms. The monoisotopic (exact) mass is 433 g/mol. The van der Waals surface area contributed by atoms with E-state index in [0.717, 1.165) is 11.1 Å². The molecule has 0 radical (unpaired) electrons. The summed E-state index contributed by atoms with van der Waals surface area (Å²) in [6.45, 7) is 9.43. The van der Waals surface area contributed by atoms with Crippen LogP contribution in [0.4, 0.5) is 5.69 Å². The zero-order chi connectivity index (χ0) is 23.4. The highest BCUT2D eigenvalue weighted by atomic mass is 16.5. The van der Waals surface area contributed by atoms with Crippen LogP contribution in [0.5, 0.6) is 0 Å². The molecule has 0 spiro atoms. The number of fused-ring (bicyclic) bond motifs is 1. The van der Waals surface area contributed by atoms with Crippen molar-refractivity contribution in [1.82, 2.24) is 14.8 Å². The maximum absolute atomic E-state index is 12.9. The Morgan fingerprint density at radius 1 is 1.16 bits per heavy atom. The second-order valence-corrected chi connectivity index (χ2v) is 8.11. The number of aromatic nitrogens is 3. The number of hydrogen-bond donors (Lipinski definition) is 0. The van der Waals surface area contributed by atoms with Gasteiger partial charge in [0.05, 0.1) is 29.6 Å². The average molecular weight is 434 g/mol. The molecule has 0 unspecified atom stereocenters. The third kappa shape index (κ3) is 4.94. The number of esters is 1. The largest absolute Gasteiger partial charge is 0.452 e.